The van der Waals surface area contributed by atoms with Gasteiger partial charge in [-0.1, -0.05) is 13.8 Å². The van der Waals surface area contributed by atoms with Crippen molar-refractivity contribution in [1.82, 2.24) is 10.9 Å². The summed E-state index contributed by atoms with van der Waals surface area (Å²) in [5, 5.41) is 0. The lowest BCUT2D eigenvalue weighted by Gasteiger charge is -2.14. The highest BCUT2D eigenvalue weighted by Crippen LogP contribution is 2.30. The molecular weight excluding hydrogens is 400 g/mol. The van der Waals surface area contributed by atoms with Gasteiger partial charge < -0.3 is 18.9 Å². The molecule has 0 aliphatic rings. The zero-order valence-electron chi connectivity index (χ0n) is 18.8. The van der Waals surface area contributed by atoms with Crippen molar-refractivity contribution in [1.29, 1.82) is 0 Å². The third kappa shape index (κ3) is 6.28. The Morgan fingerprint density at radius 2 is 1.32 bits per heavy atom. The molecule has 8 nitrogen and oxygen atoms in total. The van der Waals surface area contributed by atoms with Crippen LogP contribution >= 0.6 is 0 Å². The number of ether oxygens (including phenoxy) is 4. The van der Waals surface area contributed by atoms with Crippen molar-refractivity contribution in [3.05, 3.63) is 47.0 Å². The number of rotatable bonds is 9. The molecule has 0 fully saturated rings. The molecule has 2 amide bonds. The average molecular weight is 431 g/mol. The van der Waals surface area contributed by atoms with Crippen LogP contribution in [-0.4, -0.2) is 39.8 Å². The van der Waals surface area contributed by atoms with E-state index in [2.05, 4.69) is 24.7 Å². The first-order valence-electron chi connectivity index (χ1n) is 9.94. The number of carbonyl (C=O) groups excluding carboxylic acids is 2. The first-order valence-corrected chi connectivity index (χ1v) is 9.94. The van der Waals surface area contributed by atoms with Crippen LogP contribution < -0.4 is 29.8 Å². The van der Waals surface area contributed by atoms with E-state index in [0.717, 1.165) is 12.0 Å². The van der Waals surface area contributed by atoms with Crippen LogP contribution in [0.25, 0.3) is 0 Å². The smallest absolute Gasteiger partial charge is 0.269 e. The van der Waals surface area contributed by atoms with Crippen LogP contribution in [0.15, 0.2) is 30.3 Å². The van der Waals surface area contributed by atoms with E-state index in [4.69, 9.17) is 18.9 Å². The Morgan fingerprint density at radius 3 is 1.84 bits per heavy atom. The van der Waals surface area contributed by atoms with E-state index >= 15 is 0 Å². The largest absolute Gasteiger partial charge is 0.496 e. The van der Waals surface area contributed by atoms with Crippen LogP contribution in [0, 0.1) is 12.8 Å². The average Bonchev–Trinajstić information content (AvgIpc) is 2.77. The summed E-state index contributed by atoms with van der Waals surface area (Å²) >= 11 is 0. The molecule has 0 unspecified atom stereocenters. The van der Waals surface area contributed by atoms with Gasteiger partial charge in [0.05, 0.1) is 27.9 Å². The number of hydrogen-bond acceptors (Lipinski definition) is 6. The molecule has 0 aliphatic heterocycles. The standard InChI is InChI=1S/C23H30N2O6/c1-14(2)9-10-31-18-8-7-16(11-21(18)30-6)22(26)24-25-23(27)17-12-19(28-4)15(3)20(13-17)29-5/h7-8,11-14H,9-10H2,1-6H3,(H,24,26)(H,25,27). The minimum Gasteiger partial charge on any atom is -0.496 e. The fraction of sp³-hybridized carbons (Fsp3) is 0.391. The van der Waals surface area contributed by atoms with Crippen molar-refractivity contribution >= 4 is 11.8 Å². The summed E-state index contributed by atoms with van der Waals surface area (Å²) in [5.41, 5.74) is 6.16. The SMILES string of the molecule is COc1cc(C(=O)NNC(=O)c2cc(OC)c(C)c(OC)c2)ccc1OCCC(C)C. The summed E-state index contributed by atoms with van der Waals surface area (Å²) in [6.45, 7) is 6.61. The zero-order chi connectivity index (χ0) is 23.0. The van der Waals surface area contributed by atoms with Gasteiger partial charge in [0.2, 0.25) is 0 Å². The van der Waals surface area contributed by atoms with Gasteiger partial charge in [-0.05, 0) is 49.6 Å². The Hall–Kier alpha value is -3.42. The highest BCUT2D eigenvalue weighted by atomic mass is 16.5. The third-order valence-electron chi connectivity index (χ3n) is 4.68. The molecule has 0 aliphatic carbocycles. The number of benzene rings is 2. The molecular formula is C23H30N2O6. The molecule has 8 heteroatoms. The van der Waals surface area contributed by atoms with E-state index in [1.54, 1.807) is 30.3 Å². The fourth-order valence-corrected chi connectivity index (χ4v) is 2.81. The molecule has 2 N–H and O–H groups in total. The lowest BCUT2D eigenvalue weighted by molar-refractivity contribution is 0.0846. The normalized spacial score (nSPS) is 10.4. The second kappa shape index (κ2) is 11.1. The summed E-state index contributed by atoms with van der Waals surface area (Å²) in [6.07, 6.45) is 0.909. The molecule has 2 aromatic rings. The lowest BCUT2D eigenvalue weighted by atomic mass is 10.1. The van der Waals surface area contributed by atoms with E-state index in [0.29, 0.717) is 41.1 Å². The monoisotopic (exact) mass is 430 g/mol. The predicted octanol–water partition coefficient (Wildman–Crippen LogP) is 3.52. The van der Waals surface area contributed by atoms with E-state index in [1.807, 2.05) is 6.92 Å². The fourth-order valence-electron chi connectivity index (χ4n) is 2.81. The second-order valence-electron chi connectivity index (χ2n) is 7.31. The van der Waals surface area contributed by atoms with E-state index < -0.39 is 11.8 Å². The molecule has 168 valence electrons. The van der Waals surface area contributed by atoms with E-state index in [-0.39, 0.29) is 5.56 Å². The van der Waals surface area contributed by atoms with Gasteiger partial charge in [-0.15, -0.1) is 0 Å². The van der Waals surface area contributed by atoms with Gasteiger partial charge in [0.1, 0.15) is 11.5 Å². The number of hydrogen-bond donors (Lipinski definition) is 2. The van der Waals surface area contributed by atoms with Gasteiger partial charge in [0.25, 0.3) is 11.8 Å². The maximum Gasteiger partial charge on any atom is 0.269 e. The number of methoxy groups -OCH3 is 3. The topological polar surface area (TPSA) is 95.1 Å². The molecule has 0 bridgehead atoms. The Morgan fingerprint density at radius 1 is 0.806 bits per heavy atom. The molecule has 0 saturated carbocycles. The van der Waals surface area contributed by atoms with Crippen LogP contribution in [0.3, 0.4) is 0 Å². The molecule has 0 radical (unpaired) electrons. The van der Waals surface area contributed by atoms with Crippen LogP contribution in [0.2, 0.25) is 0 Å². The lowest BCUT2D eigenvalue weighted by Crippen LogP contribution is -2.41. The van der Waals surface area contributed by atoms with Gasteiger partial charge in [-0.25, -0.2) is 0 Å². The summed E-state index contributed by atoms with van der Waals surface area (Å²) in [6, 6.07) is 7.99. The summed E-state index contributed by atoms with van der Waals surface area (Å²) < 4.78 is 21.6. The Labute approximate surface area is 182 Å². The second-order valence-corrected chi connectivity index (χ2v) is 7.31. The minimum absolute atomic E-state index is 0.283. The third-order valence-corrected chi connectivity index (χ3v) is 4.68. The van der Waals surface area contributed by atoms with Gasteiger partial charge in [-0.2, -0.15) is 0 Å². The van der Waals surface area contributed by atoms with Crippen molar-refractivity contribution in [2.75, 3.05) is 27.9 Å². The highest BCUT2D eigenvalue weighted by molar-refractivity contribution is 5.99. The molecule has 0 aromatic heterocycles. The maximum absolute atomic E-state index is 12.5. The molecule has 0 spiro atoms. The zero-order valence-corrected chi connectivity index (χ0v) is 18.8. The van der Waals surface area contributed by atoms with Crippen molar-refractivity contribution in [3.63, 3.8) is 0 Å². The van der Waals surface area contributed by atoms with Crippen LogP contribution in [0.1, 0.15) is 46.5 Å². The van der Waals surface area contributed by atoms with Crippen molar-refractivity contribution in [2.24, 2.45) is 5.92 Å². The van der Waals surface area contributed by atoms with E-state index in [9.17, 15) is 9.59 Å². The first kappa shape index (κ1) is 23.9. The number of nitrogens with one attached hydrogen (secondary N) is 2. The first-order chi connectivity index (χ1) is 14.8. The number of carbonyl (C=O) groups is 2. The number of hydrazine groups is 1. The number of amides is 2. The maximum atomic E-state index is 12.5. The highest BCUT2D eigenvalue weighted by Gasteiger charge is 2.16. The van der Waals surface area contributed by atoms with Gasteiger partial charge in [0.15, 0.2) is 11.5 Å². The molecule has 0 saturated heterocycles. The van der Waals surface area contributed by atoms with Crippen molar-refractivity contribution in [3.8, 4) is 23.0 Å². The van der Waals surface area contributed by atoms with Gasteiger partial charge in [0, 0.05) is 16.7 Å². The quantitative estimate of drug-likeness (QED) is 0.591. The van der Waals surface area contributed by atoms with Crippen molar-refractivity contribution < 1.29 is 28.5 Å². The Bertz CT molecular complexity index is 901. The molecule has 0 heterocycles. The molecule has 2 aromatic carbocycles. The Balaban J connectivity index is 2.06. The summed E-state index contributed by atoms with van der Waals surface area (Å²) in [5.74, 6) is 1.53. The van der Waals surface area contributed by atoms with Crippen LogP contribution in [-0.2, 0) is 0 Å². The predicted molar refractivity (Wildman–Crippen MR) is 117 cm³/mol. The van der Waals surface area contributed by atoms with Crippen LogP contribution in [0.4, 0.5) is 0 Å². The molecule has 2 rings (SSSR count). The van der Waals surface area contributed by atoms with E-state index in [1.165, 1.54) is 21.3 Å². The summed E-state index contributed by atoms with van der Waals surface area (Å²) in [4.78, 5) is 25.0. The Kier molecular flexibility index (Phi) is 8.54. The van der Waals surface area contributed by atoms with Crippen molar-refractivity contribution in [2.45, 2.75) is 27.2 Å². The van der Waals surface area contributed by atoms with Gasteiger partial charge >= 0.3 is 0 Å². The van der Waals surface area contributed by atoms with Crippen LogP contribution in [0.5, 0.6) is 23.0 Å². The van der Waals surface area contributed by atoms with Gasteiger partial charge in [-0.3, -0.25) is 20.4 Å². The molecule has 31 heavy (non-hydrogen) atoms. The summed E-state index contributed by atoms with van der Waals surface area (Å²) in [7, 11) is 4.52. The minimum atomic E-state index is -0.509. The molecule has 0 atom stereocenters.